The maximum Gasteiger partial charge on any atom is -1.00 e. The molecule has 0 saturated heterocycles. The van der Waals surface area contributed by atoms with Crippen LogP contribution >= 0.6 is 23.2 Å². The van der Waals surface area contributed by atoms with Crippen molar-refractivity contribution in [1.29, 1.82) is 0 Å². The molecule has 0 aliphatic heterocycles. The zero-order chi connectivity index (χ0) is 37.8. The molecule has 6 aromatic rings. The molecule has 0 nitrogen and oxygen atoms in total. The molecule has 0 radical (unpaired) electrons. The molecule has 0 saturated carbocycles. The molecule has 56 heavy (non-hydrogen) atoms. The molecule has 0 fully saturated rings. The van der Waals surface area contributed by atoms with Gasteiger partial charge in [-0.1, -0.05) is 0 Å². The van der Waals surface area contributed by atoms with E-state index in [4.69, 9.17) is 23.2 Å². The molecule has 0 atom stereocenters. The second-order valence-electron chi connectivity index (χ2n) is 16.8. The normalized spacial score (nSPS) is 13.2. The number of rotatable bonds is 6. The van der Waals surface area contributed by atoms with Crippen molar-refractivity contribution in [1.82, 2.24) is 0 Å². The zero-order valence-electron chi connectivity index (χ0n) is 32.7. The Bertz CT molecular complexity index is 2340. The van der Waals surface area contributed by atoms with Gasteiger partial charge in [-0.3, -0.25) is 0 Å². The van der Waals surface area contributed by atoms with Gasteiger partial charge in [0.25, 0.3) is 0 Å². The Morgan fingerprint density at radius 2 is 0.982 bits per heavy atom. The van der Waals surface area contributed by atoms with Gasteiger partial charge in [-0.15, -0.1) is 0 Å². The van der Waals surface area contributed by atoms with Crippen LogP contribution in [-0.2, 0) is 32.1 Å². The topological polar surface area (TPSA) is 0 Å². The van der Waals surface area contributed by atoms with Gasteiger partial charge in [0.05, 0.1) is 0 Å². The second-order valence-corrected chi connectivity index (χ2v) is 23.9. The van der Waals surface area contributed by atoms with Crippen LogP contribution in [0.2, 0.25) is 10.0 Å². The Morgan fingerprint density at radius 1 is 0.536 bits per heavy atom. The number of hydrogen-bond acceptors (Lipinski definition) is 0. The SMILES string of the molecule is CC(C)(C)c1cc2c(cc1-c1ccccc1)[CH]([Zr+2]([C]1=CC=CC1)=[C](c1cccc(Cl)c1)c1cccc(Cl)c1)c1cc(-c3ccccc3)c(C(C)(C)C)cc1-2.[Cl-].[Cl-]. The van der Waals surface area contributed by atoms with Gasteiger partial charge in [0.2, 0.25) is 0 Å². The Kier molecular flexibility index (Phi) is 12.8. The third-order valence-electron chi connectivity index (χ3n) is 11.0. The summed E-state index contributed by atoms with van der Waals surface area (Å²) in [4.78, 5) is 0. The second kappa shape index (κ2) is 16.9. The molecule has 6 aromatic carbocycles. The third kappa shape index (κ3) is 8.19. The third-order valence-corrected chi connectivity index (χ3v) is 19.8. The summed E-state index contributed by atoms with van der Waals surface area (Å²) in [6.07, 6.45) is 8.02. The summed E-state index contributed by atoms with van der Waals surface area (Å²) in [6, 6.07) is 49.4. The van der Waals surface area contributed by atoms with E-state index in [1.54, 1.807) is 3.28 Å². The van der Waals surface area contributed by atoms with Gasteiger partial charge in [-0.2, -0.15) is 0 Å². The Balaban J connectivity index is 0.00000266. The summed E-state index contributed by atoms with van der Waals surface area (Å²) in [6.45, 7) is 14.1. The first-order chi connectivity index (χ1) is 25.9. The van der Waals surface area contributed by atoms with Crippen LogP contribution in [0.4, 0.5) is 0 Å². The smallest absolute Gasteiger partial charge is 1.00 e. The number of benzene rings is 6. The van der Waals surface area contributed by atoms with Crippen molar-refractivity contribution in [2.24, 2.45) is 0 Å². The van der Waals surface area contributed by atoms with Crippen molar-refractivity contribution in [3.63, 3.8) is 0 Å². The number of halogens is 4. The van der Waals surface area contributed by atoms with Crippen molar-refractivity contribution in [3.05, 3.63) is 198 Å². The van der Waals surface area contributed by atoms with Crippen molar-refractivity contribution in [2.75, 3.05) is 0 Å². The van der Waals surface area contributed by atoms with Crippen LogP contribution in [0, 0.1) is 0 Å². The first-order valence-electron chi connectivity index (χ1n) is 19.0. The number of allylic oxidation sites excluding steroid dienone is 4. The average molecular weight is 892 g/mol. The van der Waals surface area contributed by atoms with Crippen molar-refractivity contribution < 1.29 is 46.1 Å². The molecule has 2 aliphatic carbocycles. The summed E-state index contributed by atoms with van der Waals surface area (Å²) in [5.41, 5.74) is 15.9. The Hall–Kier alpha value is -3.29. The summed E-state index contributed by atoms with van der Waals surface area (Å²) in [5, 5.41) is 1.51. The molecule has 282 valence electrons. The van der Waals surface area contributed by atoms with Crippen molar-refractivity contribution >= 4 is 26.4 Å². The van der Waals surface area contributed by atoms with Crippen LogP contribution in [0.15, 0.2) is 155 Å². The summed E-state index contributed by atoms with van der Waals surface area (Å²) in [5.74, 6) is 0. The first-order valence-corrected chi connectivity index (χ1v) is 23.6. The monoisotopic (exact) mass is 888 g/mol. The van der Waals surface area contributed by atoms with Crippen LogP contribution in [-0.4, -0.2) is 3.21 Å². The molecule has 0 amide bonds. The van der Waals surface area contributed by atoms with Gasteiger partial charge in [-0.05, 0) is 0 Å². The maximum absolute atomic E-state index is 6.85. The molecular formula is C51H46Cl4Zr. The fourth-order valence-electron chi connectivity index (χ4n) is 8.51. The Morgan fingerprint density at radius 3 is 1.36 bits per heavy atom. The van der Waals surface area contributed by atoms with E-state index < -0.39 is 21.3 Å². The molecule has 0 N–H and O–H groups in total. The van der Waals surface area contributed by atoms with E-state index in [2.05, 4.69) is 181 Å². The molecule has 0 heterocycles. The van der Waals surface area contributed by atoms with E-state index in [0.29, 0.717) is 0 Å². The van der Waals surface area contributed by atoms with E-state index in [1.165, 1.54) is 70.0 Å². The van der Waals surface area contributed by atoms with Gasteiger partial charge in [0, 0.05) is 0 Å². The molecule has 0 spiro atoms. The predicted octanol–water partition coefficient (Wildman–Crippen LogP) is 8.73. The quantitative estimate of drug-likeness (QED) is 0.157. The van der Waals surface area contributed by atoms with Gasteiger partial charge in [0.1, 0.15) is 0 Å². The summed E-state index contributed by atoms with van der Waals surface area (Å²) >= 11 is 10.6. The van der Waals surface area contributed by atoms with E-state index >= 15 is 0 Å². The fourth-order valence-corrected chi connectivity index (χ4v) is 17.8. The molecule has 2 aliphatic rings. The standard InChI is InChI=1S/C33H33.C13H8Cl2.C5H5.2ClH.Zr/c1-32(2,3)30-20-26-24(18-28(30)22-13-9-7-10-14-22)17-25-19-29(23-15-11-8-12-16-23)31(21-27(25)26)33(4,5)6;14-12-5-1-3-10(8-12)7-11-4-2-6-13(15)9-11;1-2-4-5-3-1;;;/h7-21H,1-6H3;1-6,8-9H;1-3H,4H2;2*1H;/q;;;;;+2/p-2. The van der Waals surface area contributed by atoms with Gasteiger partial charge in [0.15, 0.2) is 0 Å². The predicted molar refractivity (Wildman–Crippen MR) is 230 cm³/mol. The summed E-state index contributed by atoms with van der Waals surface area (Å²) in [7, 11) is 0. The van der Waals surface area contributed by atoms with E-state index in [-0.39, 0.29) is 39.3 Å². The van der Waals surface area contributed by atoms with Gasteiger partial charge < -0.3 is 24.8 Å². The first kappa shape index (κ1) is 42.3. The molecule has 0 aromatic heterocycles. The minimum atomic E-state index is -3.07. The molecular weight excluding hydrogens is 846 g/mol. The fraction of sp³-hybridized carbons (Fsp3) is 0.196. The molecule has 0 unspecified atom stereocenters. The van der Waals surface area contributed by atoms with Crippen molar-refractivity contribution in [3.8, 4) is 33.4 Å². The number of fused-ring (bicyclic) bond motifs is 3. The number of hydrogen-bond donors (Lipinski definition) is 0. The van der Waals surface area contributed by atoms with E-state index in [0.717, 1.165) is 16.5 Å². The molecule has 0 bridgehead atoms. The van der Waals surface area contributed by atoms with Crippen molar-refractivity contribution in [2.45, 2.75) is 62.4 Å². The van der Waals surface area contributed by atoms with Gasteiger partial charge >= 0.3 is 342 Å². The van der Waals surface area contributed by atoms with E-state index in [9.17, 15) is 0 Å². The molecule has 8 rings (SSSR count). The van der Waals surface area contributed by atoms with Crippen LogP contribution < -0.4 is 24.8 Å². The largest absolute Gasteiger partial charge is 1.00 e. The van der Waals surface area contributed by atoms with Crippen LogP contribution in [0.5, 0.6) is 0 Å². The van der Waals surface area contributed by atoms with Crippen LogP contribution in [0.3, 0.4) is 0 Å². The minimum Gasteiger partial charge on any atom is -1.00 e. The van der Waals surface area contributed by atoms with Gasteiger partial charge in [-0.25, -0.2) is 0 Å². The Labute approximate surface area is 363 Å². The molecule has 5 heteroatoms. The minimum absolute atomic E-state index is 0. The summed E-state index contributed by atoms with van der Waals surface area (Å²) < 4.78 is 3.23. The van der Waals surface area contributed by atoms with Crippen LogP contribution in [0.1, 0.15) is 85.0 Å². The maximum atomic E-state index is 6.85. The zero-order valence-corrected chi connectivity index (χ0v) is 38.2. The average Bonchev–Trinajstić information content (AvgIpc) is 3.79. The van der Waals surface area contributed by atoms with Crippen LogP contribution in [0.25, 0.3) is 33.4 Å². The van der Waals surface area contributed by atoms with E-state index in [1.807, 2.05) is 12.1 Å².